The van der Waals surface area contributed by atoms with E-state index in [1.165, 1.54) is 11.3 Å². The van der Waals surface area contributed by atoms with Crippen LogP contribution < -0.4 is 5.73 Å². The molecule has 1 aromatic heterocycles. The maximum absolute atomic E-state index is 12.5. The number of nitrogens with zero attached hydrogens (tertiary/aromatic N) is 1. The fourth-order valence-corrected chi connectivity index (χ4v) is 3.14. The molecule has 1 aliphatic heterocycles. The zero-order chi connectivity index (χ0) is 14.4. The third kappa shape index (κ3) is 3.60. The van der Waals surface area contributed by atoms with Crippen LogP contribution in [0.15, 0.2) is 11.4 Å². The monoisotopic (exact) mass is 292 g/mol. The minimum Gasteiger partial charge on any atom is -0.378 e. The van der Waals surface area contributed by atoms with Crippen LogP contribution in [0.4, 0.5) is 0 Å². The van der Waals surface area contributed by atoms with Gasteiger partial charge >= 0.3 is 0 Å². The highest BCUT2D eigenvalue weighted by Crippen LogP contribution is 2.21. The summed E-state index contributed by atoms with van der Waals surface area (Å²) in [5.41, 5.74) is 6.17. The van der Waals surface area contributed by atoms with E-state index in [9.17, 15) is 4.79 Å². The second-order valence-electron chi connectivity index (χ2n) is 4.62. The van der Waals surface area contributed by atoms with Crippen molar-refractivity contribution in [3.8, 4) is 11.8 Å². The van der Waals surface area contributed by atoms with Crippen molar-refractivity contribution in [3.05, 3.63) is 21.9 Å². The molecule has 0 spiro atoms. The summed E-state index contributed by atoms with van der Waals surface area (Å²) in [4.78, 5) is 15.1. The van der Waals surface area contributed by atoms with Crippen LogP contribution in [0.2, 0.25) is 0 Å². The van der Waals surface area contributed by atoms with Crippen molar-refractivity contribution in [1.29, 1.82) is 0 Å². The van der Waals surface area contributed by atoms with E-state index in [0.717, 1.165) is 43.0 Å². The van der Waals surface area contributed by atoms with Gasteiger partial charge in [0.1, 0.15) is 4.88 Å². The predicted molar refractivity (Wildman–Crippen MR) is 80.8 cm³/mol. The lowest BCUT2D eigenvalue weighted by atomic mass is 10.1. The number of hydrogen-bond donors (Lipinski definition) is 1. The number of hydrogen-bond acceptors (Lipinski definition) is 4. The summed E-state index contributed by atoms with van der Waals surface area (Å²) in [5, 5.41) is 1.90. The first-order valence-corrected chi connectivity index (χ1v) is 7.81. The molecule has 0 bridgehead atoms. The molecule has 0 saturated carbocycles. The first-order valence-electron chi connectivity index (χ1n) is 6.93. The Morgan fingerprint density at radius 3 is 2.95 bits per heavy atom. The Morgan fingerprint density at radius 2 is 2.30 bits per heavy atom. The number of ether oxygens (including phenoxy) is 1. The zero-order valence-electron chi connectivity index (χ0n) is 11.7. The number of thiophene rings is 1. The van der Waals surface area contributed by atoms with Crippen molar-refractivity contribution in [2.24, 2.45) is 5.73 Å². The molecule has 108 valence electrons. The van der Waals surface area contributed by atoms with E-state index in [4.69, 9.17) is 10.5 Å². The van der Waals surface area contributed by atoms with Gasteiger partial charge in [-0.25, -0.2) is 0 Å². The third-order valence-electron chi connectivity index (χ3n) is 3.32. The van der Waals surface area contributed by atoms with Gasteiger partial charge in [0.15, 0.2) is 0 Å². The second-order valence-corrected chi connectivity index (χ2v) is 5.53. The van der Waals surface area contributed by atoms with Gasteiger partial charge in [0.2, 0.25) is 0 Å². The normalized spacial score (nSPS) is 15.8. The zero-order valence-corrected chi connectivity index (χ0v) is 12.5. The number of carbonyl (C=O) groups is 1. The fourth-order valence-electron chi connectivity index (χ4n) is 2.32. The summed E-state index contributed by atoms with van der Waals surface area (Å²) in [5.74, 6) is 5.85. The minimum atomic E-state index is 0.0799. The SMILES string of the molecule is CCOC1CCN(C(=O)c2sccc2C#CCN)CC1. The Morgan fingerprint density at radius 1 is 1.55 bits per heavy atom. The number of rotatable bonds is 3. The van der Waals surface area contributed by atoms with E-state index < -0.39 is 0 Å². The summed E-state index contributed by atoms with van der Waals surface area (Å²) < 4.78 is 5.61. The van der Waals surface area contributed by atoms with Crippen molar-refractivity contribution in [1.82, 2.24) is 4.90 Å². The van der Waals surface area contributed by atoms with Crippen LogP contribution in [0, 0.1) is 11.8 Å². The molecule has 0 unspecified atom stereocenters. The molecule has 2 rings (SSSR count). The van der Waals surface area contributed by atoms with Crippen LogP contribution in [0.3, 0.4) is 0 Å². The van der Waals surface area contributed by atoms with Gasteiger partial charge in [-0.15, -0.1) is 11.3 Å². The molecule has 1 fully saturated rings. The molecule has 0 aromatic carbocycles. The Bertz CT molecular complexity index is 507. The Kier molecular flexibility index (Phi) is 5.60. The summed E-state index contributed by atoms with van der Waals surface area (Å²) in [6, 6.07) is 1.88. The first kappa shape index (κ1) is 15.0. The lowest BCUT2D eigenvalue weighted by molar-refractivity contribution is 0.0147. The molecule has 4 nitrogen and oxygen atoms in total. The minimum absolute atomic E-state index is 0.0799. The fraction of sp³-hybridized carbons (Fsp3) is 0.533. The van der Waals surface area contributed by atoms with Crippen molar-refractivity contribution < 1.29 is 9.53 Å². The van der Waals surface area contributed by atoms with E-state index in [1.807, 2.05) is 23.3 Å². The topological polar surface area (TPSA) is 55.6 Å². The van der Waals surface area contributed by atoms with Gasteiger partial charge in [0.25, 0.3) is 5.91 Å². The van der Waals surface area contributed by atoms with Crippen molar-refractivity contribution in [2.45, 2.75) is 25.9 Å². The van der Waals surface area contributed by atoms with E-state index in [2.05, 4.69) is 11.8 Å². The quantitative estimate of drug-likeness (QED) is 0.863. The standard InChI is InChI=1S/C15H20N2O2S/c1-2-19-13-5-9-17(10-6-13)15(18)14-12(4-3-8-16)7-11-20-14/h7,11,13H,2,5-6,8-10,16H2,1H3. The summed E-state index contributed by atoms with van der Waals surface area (Å²) >= 11 is 1.45. The van der Waals surface area contributed by atoms with Gasteiger partial charge in [-0.3, -0.25) is 4.79 Å². The van der Waals surface area contributed by atoms with Crippen molar-refractivity contribution in [2.75, 3.05) is 26.2 Å². The largest absolute Gasteiger partial charge is 0.378 e. The lowest BCUT2D eigenvalue weighted by Gasteiger charge is -2.31. The second kappa shape index (κ2) is 7.44. The summed E-state index contributed by atoms with van der Waals surface area (Å²) in [6.07, 6.45) is 2.12. The molecule has 2 N–H and O–H groups in total. The number of amides is 1. The molecule has 0 atom stereocenters. The van der Waals surface area contributed by atoms with Crippen LogP contribution in [0.5, 0.6) is 0 Å². The van der Waals surface area contributed by atoms with Crippen LogP contribution >= 0.6 is 11.3 Å². The number of piperidine rings is 1. The highest BCUT2D eigenvalue weighted by Gasteiger charge is 2.25. The lowest BCUT2D eigenvalue weighted by Crippen LogP contribution is -2.40. The number of nitrogens with two attached hydrogens (primary N) is 1. The highest BCUT2D eigenvalue weighted by atomic mass is 32.1. The molecular formula is C15H20N2O2S. The van der Waals surface area contributed by atoms with Crippen molar-refractivity contribution in [3.63, 3.8) is 0 Å². The van der Waals surface area contributed by atoms with Crippen LogP contribution in [0.1, 0.15) is 35.0 Å². The van der Waals surface area contributed by atoms with Crippen LogP contribution in [-0.2, 0) is 4.74 Å². The Hall–Kier alpha value is -1.35. The molecule has 2 heterocycles. The van der Waals surface area contributed by atoms with E-state index in [-0.39, 0.29) is 5.91 Å². The van der Waals surface area contributed by atoms with Gasteiger partial charge in [0.05, 0.1) is 12.6 Å². The summed E-state index contributed by atoms with van der Waals surface area (Å²) in [6.45, 7) is 4.56. The molecular weight excluding hydrogens is 272 g/mol. The van der Waals surface area contributed by atoms with E-state index in [0.29, 0.717) is 12.6 Å². The molecule has 1 saturated heterocycles. The Labute approximate surface area is 123 Å². The maximum Gasteiger partial charge on any atom is 0.265 e. The number of likely N-dealkylation sites (tertiary alicyclic amines) is 1. The molecule has 1 aromatic rings. The highest BCUT2D eigenvalue weighted by molar-refractivity contribution is 7.12. The smallest absolute Gasteiger partial charge is 0.265 e. The average molecular weight is 292 g/mol. The van der Waals surface area contributed by atoms with Gasteiger partial charge in [0, 0.05) is 25.3 Å². The van der Waals surface area contributed by atoms with Crippen molar-refractivity contribution >= 4 is 17.2 Å². The van der Waals surface area contributed by atoms with Crippen LogP contribution in [-0.4, -0.2) is 43.2 Å². The molecule has 0 radical (unpaired) electrons. The maximum atomic E-state index is 12.5. The van der Waals surface area contributed by atoms with Gasteiger partial charge in [-0.2, -0.15) is 0 Å². The third-order valence-corrected chi connectivity index (χ3v) is 4.22. The van der Waals surface area contributed by atoms with E-state index in [1.54, 1.807) is 0 Å². The van der Waals surface area contributed by atoms with Gasteiger partial charge in [-0.1, -0.05) is 11.8 Å². The Balaban J connectivity index is 2.00. The number of carbonyl (C=O) groups excluding carboxylic acids is 1. The van der Waals surface area contributed by atoms with Gasteiger partial charge < -0.3 is 15.4 Å². The predicted octanol–water partition coefficient (Wildman–Crippen LogP) is 1.70. The first-order chi connectivity index (χ1) is 9.76. The molecule has 1 amide bonds. The van der Waals surface area contributed by atoms with E-state index >= 15 is 0 Å². The van der Waals surface area contributed by atoms with Gasteiger partial charge in [-0.05, 0) is 31.2 Å². The molecule has 5 heteroatoms. The summed E-state index contributed by atoms with van der Waals surface area (Å²) in [7, 11) is 0. The molecule has 1 aliphatic rings. The van der Waals surface area contributed by atoms with Crippen LogP contribution in [0.25, 0.3) is 0 Å². The molecule has 0 aliphatic carbocycles. The molecule has 20 heavy (non-hydrogen) atoms. The average Bonchev–Trinajstić information content (AvgIpc) is 2.94.